The molecule has 5 rings (SSSR count). The van der Waals surface area contributed by atoms with E-state index in [1.165, 1.54) is 26.0 Å². The van der Waals surface area contributed by atoms with Crippen LogP contribution >= 0.6 is 0 Å². The van der Waals surface area contributed by atoms with Crippen LogP contribution in [0.25, 0.3) is 0 Å². The number of benzene rings is 1. The van der Waals surface area contributed by atoms with E-state index in [1.54, 1.807) is 0 Å². The van der Waals surface area contributed by atoms with Crippen LogP contribution in [0.5, 0.6) is 0 Å². The quantitative estimate of drug-likeness (QED) is 0.640. The van der Waals surface area contributed by atoms with Crippen molar-refractivity contribution in [2.24, 2.45) is 11.8 Å². The molecule has 27 heavy (non-hydrogen) atoms. The molecule has 4 atom stereocenters. The number of carbonyl (C=O) groups is 1. The largest absolute Gasteiger partial charge is 0.351 e. The normalized spacial score (nSPS) is 33.7. The molecule has 0 radical (unpaired) electrons. The van der Waals surface area contributed by atoms with Crippen LogP contribution in [0.3, 0.4) is 0 Å². The van der Waals surface area contributed by atoms with Crippen LogP contribution in [0.2, 0.25) is 0 Å². The van der Waals surface area contributed by atoms with Gasteiger partial charge in [0, 0.05) is 24.6 Å². The molecule has 0 aromatic heterocycles. The maximum Gasteiger partial charge on any atom is 0.279 e. The molecule has 0 heterocycles. The summed E-state index contributed by atoms with van der Waals surface area (Å²) in [5, 5.41) is 26.2. The second kappa shape index (κ2) is 5.74. The summed E-state index contributed by atoms with van der Waals surface area (Å²) in [6.07, 6.45) is 5.43. The Morgan fingerprint density at radius 3 is 2.04 bits per heavy atom. The fraction of sp³-hybridized carbons (Fsp3) is 0.632. The van der Waals surface area contributed by atoms with E-state index in [-0.39, 0.29) is 33.8 Å². The zero-order valence-corrected chi connectivity index (χ0v) is 15.5. The highest BCUT2D eigenvalue weighted by atomic mass is 16.6. The molecule has 1 amide bonds. The van der Waals surface area contributed by atoms with Crippen LogP contribution in [-0.4, -0.2) is 21.3 Å². The smallest absolute Gasteiger partial charge is 0.279 e. The maximum absolute atomic E-state index is 11.8. The molecule has 144 valence electrons. The van der Waals surface area contributed by atoms with Gasteiger partial charge in [-0.1, -0.05) is 0 Å². The van der Waals surface area contributed by atoms with Gasteiger partial charge in [0.15, 0.2) is 0 Å². The summed E-state index contributed by atoms with van der Waals surface area (Å²) in [7, 11) is 0. The van der Waals surface area contributed by atoms with Gasteiger partial charge in [-0.2, -0.15) is 0 Å². The highest BCUT2D eigenvalue weighted by Crippen LogP contribution is 2.62. The Morgan fingerprint density at radius 1 is 1.07 bits per heavy atom. The van der Waals surface area contributed by atoms with Crippen LogP contribution in [-0.2, 0) is 10.2 Å². The van der Waals surface area contributed by atoms with Crippen LogP contribution in [0.15, 0.2) is 12.1 Å². The monoisotopic (exact) mass is 373 g/mol. The fourth-order valence-electron chi connectivity index (χ4n) is 6.49. The van der Waals surface area contributed by atoms with E-state index in [2.05, 4.69) is 5.32 Å². The van der Waals surface area contributed by atoms with Crippen LogP contribution in [0, 0.1) is 39.0 Å². The first-order valence-corrected chi connectivity index (χ1v) is 9.36. The van der Waals surface area contributed by atoms with Crippen molar-refractivity contribution in [3.63, 3.8) is 0 Å². The molecule has 4 fully saturated rings. The van der Waals surface area contributed by atoms with Gasteiger partial charge in [-0.25, -0.2) is 0 Å². The highest BCUT2D eigenvalue weighted by Gasteiger charge is 2.59. The highest BCUT2D eigenvalue weighted by molar-refractivity contribution is 5.74. The zero-order chi connectivity index (χ0) is 19.6. The van der Waals surface area contributed by atoms with Gasteiger partial charge in [0.1, 0.15) is 5.56 Å². The summed E-state index contributed by atoms with van der Waals surface area (Å²) in [6, 6.07) is 3.08. The topological polar surface area (TPSA) is 115 Å². The first kappa shape index (κ1) is 17.9. The van der Waals surface area contributed by atoms with Crippen molar-refractivity contribution in [3.05, 3.63) is 43.5 Å². The molecule has 0 saturated heterocycles. The van der Waals surface area contributed by atoms with E-state index in [0.717, 1.165) is 32.1 Å². The van der Waals surface area contributed by atoms with Gasteiger partial charge in [-0.15, -0.1) is 0 Å². The molecule has 4 saturated carbocycles. The lowest BCUT2D eigenvalue weighted by atomic mass is 9.45. The Bertz CT molecular complexity index is 816. The summed E-state index contributed by atoms with van der Waals surface area (Å²) < 4.78 is 0. The van der Waals surface area contributed by atoms with E-state index < -0.39 is 9.85 Å². The van der Waals surface area contributed by atoms with Gasteiger partial charge >= 0.3 is 0 Å². The first-order valence-electron chi connectivity index (χ1n) is 9.36. The summed E-state index contributed by atoms with van der Waals surface area (Å²) >= 11 is 0. The van der Waals surface area contributed by atoms with Crippen molar-refractivity contribution in [1.29, 1.82) is 0 Å². The predicted octanol–water partition coefficient (Wildman–Crippen LogP) is 3.54. The van der Waals surface area contributed by atoms with Crippen LogP contribution < -0.4 is 5.32 Å². The Balaban J connectivity index is 1.84. The third-order valence-electron chi connectivity index (χ3n) is 6.86. The Kier molecular flexibility index (Phi) is 3.80. The molecule has 8 heteroatoms. The Morgan fingerprint density at radius 2 is 1.59 bits per heavy atom. The molecular weight excluding hydrogens is 350 g/mol. The average Bonchev–Trinajstić information content (AvgIpc) is 2.51. The molecule has 2 unspecified atom stereocenters. The zero-order valence-electron chi connectivity index (χ0n) is 15.5. The minimum Gasteiger partial charge on any atom is -0.351 e. The van der Waals surface area contributed by atoms with E-state index >= 15 is 0 Å². The van der Waals surface area contributed by atoms with Crippen LogP contribution in [0.4, 0.5) is 11.4 Å². The molecule has 1 aromatic rings. The van der Waals surface area contributed by atoms with Gasteiger partial charge in [0.25, 0.3) is 11.4 Å². The third kappa shape index (κ3) is 2.78. The van der Waals surface area contributed by atoms with E-state index in [1.807, 2.05) is 0 Å². The molecule has 1 aromatic carbocycles. The number of amides is 1. The Hall–Kier alpha value is -2.51. The summed E-state index contributed by atoms with van der Waals surface area (Å²) in [5.41, 5.74) is -0.224. The summed E-state index contributed by atoms with van der Waals surface area (Å²) in [6.45, 7) is 2.95. The van der Waals surface area contributed by atoms with Gasteiger partial charge in [-0.3, -0.25) is 25.0 Å². The van der Waals surface area contributed by atoms with Crippen molar-refractivity contribution in [2.45, 2.75) is 63.3 Å². The first-order chi connectivity index (χ1) is 12.6. The summed E-state index contributed by atoms with van der Waals surface area (Å²) in [5.74, 6) is 0.822. The van der Waals surface area contributed by atoms with Crippen molar-refractivity contribution in [1.82, 2.24) is 5.32 Å². The fourth-order valence-corrected chi connectivity index (χ4v) is 6.49. The Labute approximate surface area is 156 Å². The van der Waals surface area contributed by atoms with Crippen molar-refractivity contribution in [3.8, 4) is 0 Å². The van der Waals surface area contributed by atoms with Gasteiger partial charge in [0.05, 0.1) is 9.85 Å². The SMILES string of the molecule is CC(=O)NC12C[C@H]3C[C@@H](C1)CC(c1cc([N+](=O)[O-])c(C)c([N+](=O)[O-])c1)(C3)C2. The second-order valence-electron chi connectivity index (χ2n) is 8.86. The average molecular weight is 373 g/mol. The van der Waals surface area contributed by atoms with Crippen molar-refractivity contribution < 1.29 is 14.6 Å². The van der Waals surface area contributed by atoms with Crippen LogP contribution in [0.1, 0.15) is 56.6 Å². The van der Waals surface area contributed by atoms with Gasteiger partial charge in [-0.05, 0) is 68.3 Å². The molecule has 8 nitrogen and oxygen atoms in total. The predicted molar refractivity (Wildman–Crippen MR) is 97.4 cm³/mol. The number of hydrogen-bond acceptors (Lipinski definition) is 5. The number of rotatable bonds is 4. The van der Waals surface area contributed by atoms with Gasteiger partial charge in [0.2, 0.25) is 5.91 Å². The number of carbonyl (C=O) groups excluding carboxylic acids is 1. The standard InChI is InChI=1S/C19H23N3O5/c1-11-16(21(24)25)4-15(5-17(11)22(26)27)18-6-13-3-14(7-18)9-19(8-13,10-18)20-12(2)23/h4-5,13-14H,3,6-10H2,1-2H3,(H,20,23)/t13-,14+,18?,19?. The van der Waals surface area contributed by atoms with E-state index in [4.69, 9.17) is 0 Å². The molecule has 0 aliphatic heterocycles. The lowest BCUT2D eigenvalue weighted by molar-refractivity contribution is -0.395. The third-order valence-corrected chi connectivity index (χ3v) is 6.86. The molecular formula is C19H23N3O5. The molecule has 0 spiro atoms. The summed E-state index contributed by atoms with van der Waals surface area (Å²) in [4.78, 5) is 33.8. The number of hydrogen-bond donors (Lipinski definition) is 1. The lowest BCUT2D eigenvalue weighted by Gasteiger charge is -2.62. The number of nitrogens with zero attached hydrogens (tertiary/aromatic N) is 2. The van der Waals surface area contributed by atoms with Gasteiger partial charge < -0.3 is 5.32 Å². The lowest BCUT2D eigenvalue weighted by Crippen LogP contribution is -2.64. The number of nitro groups is 2. The second-order valence-corrected chi connectivity index (χ2v) is 8.86. The molecule has 4 aliphatic carbocycles. The minimum atomic E-state index is -0.532. The number of nitro benzene ring substituents is 2. The minimum absolute atomic E-state index is 0.0621. The van der Waals surface area contributed by atoms with E-state index in [0.29, 0.717) is 23.8 Å². The molecule has 1 N–H and O–H groups in total. The molecule has 4 bridgehead atoms. The van der Waals surface area contributed by atoms with Crippen molar-refractivity contribution >= 4 is 17.3 Å². The number of nitrogens with one attached hydrogen (secondary N) is 1. The molecule has 4 aliphatic rings. The maximum atomic E-state index is 11.8. The van der Waals surface area contributed by atoms with Crippen molar-refractivity contribution in [2.75, 3.05) is 0 Å². The van der Waals surface area contributed by atoms with E-state index in [9.17, 15) is 25.0 Å².